The summed E-state index contributed by atoms with van der Waals surface area (Å²) in [6.07, 6.45) is 8.57. The van der Waals surface area contributed by atoms with E-state index in [2.05, 4.69) is 54.3 Å². The molecule has 3 aromatic heterocycles. The Labute approximate surface area is 387 Å². The molecule has 2 aromatic carbocycles. The van der Waals surface area contributed by atoms with Gasteiger partial charge in [0.2, 0.25) is 0 Å². The third kappa shape index (κ3) is 31.6. The maximum Gasteiger partial charge on any atom is 0.425 e. The molecule has 0 radical (unpaired) electrons. The number of amidine groups is 2. The van der Waals surface area contributed by atoms with Gasteiger partial charge in [-0.3, -0.25) is 15.0 Å². The van der Waals surface area contributed by atoms with E-state index in [1.165, 1.54) is 86.6 Å². The second kappa shape index (κ2) is 35.6. The van der Waals surface area contributed by atoms with Gasteiger partial charge in [0.05, 0.1) is 36.1 Å². The average molecular weight is 952 g/mol. The molecule has 0 bridgehead atoms. The summed E-state index contributed by atoms with van der Waals surface area (Å²) in [7, 11) is -5.74. The number of hydrogen-bond acceptors (Lipinski definition) is 14. The Balaban J connectivity index is -0.000000672. The number of aromatic nitrogens is 5. The van der Waals surface area contributed by atoms with Crippen molar-refractivity contribution < 1.29 is 35.2 Å². The Kier molecular flexibility index (Phi) is 35.3. The van der Waals surface area contributed by atoms with Crippen LogP contribution in [0.15, 0.2) is 93.9 Å². The van der Waals surface area contributed by atoms with Crippen LogP contribution in [0.25, 0.3) is 11.0 Å². The molecule has 0 aliphatic carbocycles. The second-order valence-electron chi connectivity index (χ2n) is 13.5. The van der Waals surface area contributed by atoms with Gasteiger partial charge < -0.3 is 27.0 Å². The number of imidazole rings is 1. The fourth-order valence-corrected chi connectivity index (χ4v) is 6.49. The van der Waals surface area contributed by atoms with Crippen LogP contribution in [0.3, 0.4) is 0 Å². The van der Waals surface area contributed by atoms with Gasteiger partial charge in [-0.2, -0.15) is 5.10 Å². The Morgan fingerprint density at radius 2 is 1.54 bits per heavy atom. The number of ether oxygens (including phenoxy) is 1. The summed E-state index contributed by atoms with van der Waals surface area (Å²) in [6, 6.07) is 22.3. The molecule has 5 aromatic rings. The first kappa shape index (κ1) is 62.4. The molecule has 20 heteroatoms. The van der Waals surface area contributed by atoms with E-state index in [9.17, 15) is 13.0 Å². The maximum atomic E-state index is 10.3. The van der Waals surface area contributed by atoms with Gasteiger partial charge in [0.15, 0.2) is 9.79 Å². The average Bonchev–Trinajstić information content (AvgIpc) is 3.68. The molecule has 352 valence electrons. The molecule has 1 unspecified atom stereocenters. The lowest BCUT2D eigenvalue weighted by molar-refractivity contribution is -0.809. The molecule has 0 spiro atoms. The standard InChI is InChI=1S/C9H16N2.C8H18N2O.C8H8N2.C6H7N.C6H6O3S.C3H4N2S2.CH4.2CH3.O3S/c1-2-5-9-10-6-4-8-11(9)7-3-1;1-6(2)9-8(11-5)10-7(3)4;1-6-9-7-4-2-3-5-8(7)10-6;1-6-4-2-3-5-7-6;7-10(8,9)6-4-2-1-3-5-6;1-2-4-5-3(6)7-2;;;;1-4(2)3/h1-8H2;6-7H,1-5H3,(H,9,10);2-5H,1H3,(H,9,10);2-5H,1H3;1-5H,(H,7,8,9);1H3,(H,5,6);1H4;2*1H3;/q;;;;;;;-1;+1;. The van der Waals surface area contributed by atoms with E-state index in [4.69, 9.17) is 29.6 Å². The maximum absolute atomic E-state index is 10.3. The quantitative estimate of drug-likeness (QED) is 0.0452. The first-order chi connectivity index (χ1) is 28.4. The molecule has 2 aliphatic rings. The summed E-state index contributed by atoms with van der Waals surface area (Å²) >= 11 is 6.22. The zero-order chi connectivity index (χ0) is 44.9. The molecule has 1 saturated heterocycles. The minimum Gasteiger partial charge on any atom is -0.744 e. The number of aromatic amines is 2. The lowest BCUT2D eigenvalue weighted by Gasteiger charge is -2.21. The highest BCUT2D eigenvalue weighted by molar-refractivity contribution is 7.85. The second-order valence-corrected chi connectivity index (χ2v) is 17.2. The van der Waals surface area contributed by atoms with Gasteiger partial charge in [-0.05, 0) is 116 Å². The molecule has 16 nitrogen and oxygen atoms in total. The SMILES string of the molecule is C.C1CCC2=NCCC[NH+]2CC1.COC(=NC(C)C)NC(C)C.Cc1ccccn1.Cc1n[nH]c(=S)s1.Cc1nc2ccccc2[nH]1.O=S(=O)([O-])c1ccccc1.O=S(=O)=O.[CH3+].[CH3-]. The molecular weight excluding hydrogens is 883 g/mol. The summed E-state index contributed by atoms with van der Waals surface area (Å²) in [5, 5.41) is 10.5. The largest absolute Gasteiger partial charge is 0.744 e. The van der Waals surface area contributed by atoms with Gasteiger partial charge in [-0.1, -0.05) is 55.2 Å². The molecule has 1 fully saturated rings. The number of fused-ring (bicyclic) bond motifs is 2. The number of methoxy groups -OCH3 is 1. The van der Waals surface area contributed by atoms with E-state index in [0.717, 1.165) is 38.1 Å². The zero-order valence-electron chi connectivity index (χ0n) is 37.5. The molecule has 1 atom stereocenters. The molecule has 0 saturated carbocycles. The van der Waals surface area contributed by atoms with E-state index in [0.29, 0.717) is 12.1 Å². The van der Waals surface area contributed by atoms with Crippen LogP contribution in [0, 0.1) is 39.6 Å². The monoisotopic (exact) mass is 951 g/mol. The van der Waals surface area contributed by atoms with Crippen LogP contribution in [0.1, 0.15) is 83.8 Å². The van der Waals surface area contributed by atoms with Crippen LogP contribution in [0.2, 0.25) is 0 Å². The first-order valence-electron chi connectivity index (χ1n) is 19.3. The van der Waals surface area contributed by atoms with Crippen molar-refractivity contribution in [1.29, 1.82) is 0 Å². The predicted octanol–water partition coefficient (Wildman–Crippen LogP) is 7.54. The summed E-state index contributed by atoms with van der Waals surface area (Å²) in [6.45, 7) is 17.8. The van der Waals surface area contributed by atoms with Crippen LogP contribution in [-0.2, 0) is 25.5 Å². The number of H-pyrrole nitrogens is 2. The number of rotatable bonds is 3. The Hall–Kier alpha value is -4.86. The number of aryl methyl sites for hydroxylation is 3. The van der Waals surface area contributed by atoms with Crippen molar-refractivity contribution in [3.63, 3.8) is 0 Å². The molecule has 4 N–H and O–H groups in total. The molecule has 63 heavy (non-hydrogen) atoms. The molecule has 2 aliphatic heterocycles. The van der Waals surface area contributed by atoms with E-state index in [-0.39, 0.29) is 33.2 Å². The fourth-order valence-electron chi connectivity index (χ4n) is 5.15. The Bertz CT molecular complexity index is 2230. The normalized spacial score (nSPS) is 13.6. The Morgan fingerprint density at radius 1 is 0.937 bits per heavy atom. The highest BCUT2D eigenvalue weighted by Crippen LogP contribution is 2.09. The minimum absolute atomic E-state index is 0. The summed E-state index contributed by atoms with van der Waals surface area (Å²) < 4.78 is 61.9. The molecule has 7 rings (SSSR count). The van der Waals surface area contributed by atoms with Crippen LogP contribution >= 0.6 is 23.6 Å². The van der Waals surface area contributed by atoms with Crippen LogP contribution in [-0.4, -0.2) is 101 Å². The smallest absolute Gasteiger partial charge is 0.425 e. The van der Waals surface area contributed by atoms with Crippen molar-refractivity contribution in [3.8, 4) is 0 Å². The third-order valence-corrected chi connectivity index (χ3v) is 9.47. The van der Waals surface area contributed by atoms with Gasteiger partial charge in [0.25, 0.3) is 6.02 Å². The van der Waals surface area contributed by atoms with E-state index < -0.39 is 20.7 Å². The first-order valence-corrected chi connectivity index (χ1v) is 22.9. The number of nitrogens with zero attached hydrogens (tertiary/aromatic N) is 5. The van der Waals surface area contributed by atoms with Crippen molar-refractivity contribution in [1.82, 2.24) is 30.5 Å². The molecular formula is C43H69N9O7S4. The van der Waals surface area contributed by atoms with Crippen molar-refractivity contribution in [2.75, 3.05) is 26.7 Å². The van der Waals surface area contributed by atoms with E-state index in [1.807, 2.05) is 77.1 Å². The van der Waals surface area contributed by atoms with Crippen LogP contribution in [0.5, 0.6) is 0 Å². The lowest BCUT2D eigenvalue weighted by atomic mass is 10.2. The predicted molar refractivity (Wildman–Crippen MR) is 259 cm³/mol. The number of benzene rings is 2. The number of quaternary nitrogens is 1. The number of pyridine rings is 1. The number of nitrogens with one attached hydrogen (secondary N) is 4. The van der Waals surface area contributed by atoms with Gasteiger partial charge >= 0.3 is 10.6 Å². The number of aliphatic imine (C=N–C) groups is 2. The highest BCUT2D eigenvalue weighted by atomic mass is 32.2. The Morgan fingerprint density at radius 3 is 1.98 bits per heavy atom. The van der Waals surface area contributed by atoms with Crippen molar-refractivity contribution in [3.05, 3.63) is 114 Å². The molecule has 0 amide bonds. The third-order valence-electron chi connectivity index (χ3n) is 7.62. The number of para-hydroxylation sites is 2. The van der Waals surface area contributed by atoms with Gasteiger partial charge in [-0.25, -0.2) is 23.4 Å². The van der Waals surface area contributed by atoms with Gasteiger partial charge in [0.1, 0.15) is 21.0 Å². The van der Waals surface area contributed by atoms with Gasteiger partial charge in [0, 0.05) is 50.8 Å². The zero-order valence-corrected chi connectivity index (χ0v) is 40.8. The van der Waals surface area contributed by atoms with Crippen LogP contribution in [0.4, 0.5) is 0 Å². The lowest BCUT2D eigenvalue weighted by Crippen LogP contribution is -3.15. The van der Waals surface area contributed by atoms with Crippen molar-refractivity contribution in [2.24, 2.45) is 9.98 Å². The van der Waals surface area contributed by atoms with Crippen LogP contribution < -0.4 is 10.2 Å². The summed E-state index contributed by atoms with van der Waals surface area (Å²) in [5.41, 5.74) is 3.22. The number of hydrogen-bond donors (Lipinski definition) is 4. The minimum atomic E-state index is -4.25. The van der Waals surface area contributed by atoms with E-state index in [1.54, 1.807) is 24.3 Å². The fraction of sp³-hybridized carbons (Fsp3) is 0.442. The van der Waals surface area contributed by atoms with Crippen molar-refractivity contribution in [2.45, 2.75) is 105 Å². The highest BCUT2D eigenvalue weighted by Gasteiger charge is 2.22. The van der Waals surface area contributed by atoms with Gasteiger partial charge in [-0.15, -0.1) is 12.6 Å². The molecule has 5 heterocycles. The van der Waals surface area contributed by atoms with E-state index >= 15 is 0 Å². The van der Waals surface area contributed by atoms with Crippen molar-refractivity contribution >= 4 is 67.2 Å². The summed E-state index contributed by atoms with van der Waals surface area (Å²) in [5.74, 6) is 2.45. The summed E-state index contributed by atoms with van der Waals surface area (Å²) in [4.78, 5) is 21.7. The topological polar surface area (TPSA) is 229 Å².